The minimum atomic E-state index is 0.118. The Bertz CT molecular complexity index is 737. The molecule has 3 heterocycles. The minimum absolute atomic E-state index is 0.118. The number of nitrogens with zero attached hydrogens (tertiary/aromatic N) is 3. The maximum absolute atomic E-state index is 12.0. The number of benzene rings is 1. The summed E-state index contributed by atoms with van der Waals surface area (Å²) in [7, 11) is 0. The van der Waals surface area contributed by atoms with Crippen molar-refractivity contribution in [3.8, 4) is 0 Å². The van der Waals surface area contributed by atoms with E-state index >= 15 is 0 Å². The van der Waals surface area contributed by atoms with Crippen LogP contribution in [0.1, 0.15) is 57.9 Å². The summed E-state index contributed by atoms with van der Waals surface area (Å²) in [4.78, 5) is 30.7. The summed E-state index contributed by atoms with van der Waals surface area (Å²) in [5.74, 6) is 1.23. The highest BCUT2D eigenvalue weighted by Gasteiger charge is 2.48. The maximum atomic E-state index is 12.0. The number of carbonyl (C=O) groups is 2. The fourth-order valence-corrected chi connectivity index (χ4v) is 6.54. The molecule has 0 N–H and O–H groups in total. The lowest BCUT2D eigenvalue weighted by Crippen LogP contribution is -2.64. The van der Waals surface area contributed by atoms with Gasteiger partial charge in [0.05, 0.1) is 0 Å². The molecule has 0 aromatic heterocycles. The molecule has 0 saturated carbocycles. The van der Waals surface area contributed by atoms with Crippen LogP contribution in [-0.2, 0) is 16.0 Å². The Hall–Kier alpha value is -1.88. The van der Waals surface area contributed by atoms with Gasteiger partial charge in [0.1, 0.15) is 0 Å². The van der Waals surface area contributed by atoms with Crippen molar-refractivity contribution in [3.63, 3.8) is 0 Å². The van der Waals surface area contributed by atoms with Crippen molar-refractivity contribution >= 4 is 18.5 Å². The van der Waals surface area contributed by atoms with E-state index in [1.165, 1.54) is 44.3 Å². The molecule has 3 fully saturated rings. The first kappa shape index (κ1) is 21.4. The van der Waals surface area contributed by atoms with E-state index in [4.69, 9.17) is 0 Å². The van der Waals surface area contributed by atoms with Crippen LogP contribution in [0.5, 0.6) is 0 Å². The highest BCUT2D eigenvalue weighted by molar-refractivity contribution is 5.77. The Morgan fingerprint density at radius 1 is 1.17 bits per heavy atom. The van der Waals surface area contributed by atoms with Gasteiger partial charge in [-0.3, -0.25) is 14.5 Å². The second kappa shape index (κ2) is 9.51. The Morgan fingerprint density at radius 3 is 2.67 bits per heavy atom. The van der Waals surface area contributed by atoms with Crippen LogP contribution in [0.2, 0.25) is 0 Å². The average molecular weight is 412 g/mol. The van der Waals surface area contributed by atoms with Gasteiger partial charge in [0.2, 0.25) is 12.8 Å². The Labute approximate surface area is 181 Å². The fraction of sp³-hybridized carbons (Fsp3) is 0.680. The van der Waals surface area contributed by atoms with E-state index in [2.05, 4.69) is 29.7 Å². The van der Waals surface area contributed by atoms with Crippen LogP contribution in [0, 0.1) is 11.8 Å². The summed E-state index contributed by atoms with van der Waals surface area (Å²) >= 11 is 0. The minimum Gasteiger partial charge on any atom is -0.342 e. The lowest BCUT2D eigenvalue weighted by atomic mass is 9.69. The average Bonchev–Trinajstić information content (AvgIpc) is 2.79. The lowest BCUT2D eigenvalue weighted by molar-refractivity contribution is -0.133. The number of amides is 2. The van der Waals surface area contributed by atoms with E-state index in [0.29, 0.717) is 23.9 Å². The predicted octanol–water partition coefficient (Wildman–Crippen LogP) is 3.71. The molecule has 0 bridgehead atoms. The molecule has 3 saturated heterocycles. The van der Waals surface area contributed by atoms with Crippen molar-refractivity contribution in [3.05, 3.63) is 29.8 Å². The van der Waals surface area contributed by atoms with Crippen molar-refractivity contribution in [1.82, 2.24) is 9.80 Å². The van der Waals surface area contributed by atoms with Crippen molar-refractivity contribution in [2.75, 3.05) is 24.5 Å². The first-order valence-corrected chi connectivity index (χ1v) is 11.9. The number of piperidine rings is 3. The first-order chi connectivity index (χ1) is 14.7. The van der Waals surface area contributed by atoms with E-state index in [-0.39, 0.29) is 6.04 Å². The number of anilines is 1. The van der Waals surface area contributed by atoms with E-state index in [1.54, 1.807) is 0 Å². The van der Waals surface area contributed by atoms with Crippen molar-refractivity contribution < 1.29 is 9.59 Å². The summed E-state index contributed by atoms with van der Waals surface area (Å²) in [6.45, 7) is 7.65. The molecule has 164 valence electrons. The summed E-state index contributed by atoms with van der Waals surface area (Å²) in [5, 5.41) is 0. The monoisotopic (exact) mass is 411 g/mol. The largest absolute Gasteiger partial charge is 0.342 e. The van der Waals surface area contributed by atoms with E-state index in [9.17, 15) is 9.59 Å². The lowest BCUT2D eigenvalue weighted by Gasteiger charge is -2.57. The fourth-order valence-electron chi connectivity index (χ4n) is 6.54. The summed E-state index contributed by atoms with van der Waals surface area (Å²) in [6.07, 6.45) is 9.90. The van der Waals surface area contributed by atoms with Gasteiger partial charge in [-0.05, 0) is 88.4 Å². The third-order valence-corrected chi connectivity index (χ3v) is 7.97. The zero-order valence-electron chi connectivity index (χ0n) is 18.6. The standard InChI is InChI=1S/C25H37N3O2/c1-3-20-8-4-5-11-23(20)28(18-30)19(2)12-13-24-22-10-7-15-26-14-6-9-21(25(22)26)16-27(24)17-29/h4-5,8,11,17-19,21-22,24-25H,3,6-7,9-10,12-16H2,1-2H3/t19?,21-,22+,24?,25-/m0/s1. The van der Waals surface area contributed by atoms with Crippen LogP contribution in [0.4, 0.5) is 5.69 Å². The molecule has 0 radical (unpaired) electrons. The number of rotatable bonds is 8. The second-order valence-corrected chi connectivity index (χ2v) is 9.53. The Morgan fingerprint density at radius 2 is 1.93 bits per heavy atom. The molecule has 5 nitrogen and oxygen atoms in total. The van der Waals surface area contributed by atoms with Crippen molar-refractivity contribution in [1.29, 1.82) is 0 Å². The molecule has 3 aliphatic rings. The highest BCUT2D eigenvalue weighted by atomic mass is 16.1. The second-order valence-electron chi connectivity index (χ2n) is 9.53. The summed E-state index contributed by atoms with van der Waals surface area (Å²) in [6, 6.07) is 9.28. The molecule has 1 aromatic rings. The highest BCUT2D eigenvalue weighted by Crippen LogP contribution is 2.43. The van der Waals surface area contributed by atoms with Gasteiger partial charge in [-0.2, -0.15) is 0 Å². The number of para-hydroxylation sites is 1. The maximum Gasteiger partial charge on any atom is 0.214 e. The van der Waals surface area contributed by atoms with Crippen LogP contribution >= 0.6 is 0 Å². The van der Waals surface area contributed by atoms with Gasteiger partial charge in [-0.25, -0.2) is 0 Å². The molecule has 4 rings (SSSR count). The molecular formula is C25H37N3O2. The van der Waals surface area contributed by atoms with Crippen LogP contribution in [0.25, 0.3) is 0 Å². The molecule has 2 amide bonds. The number of hydrogen-bond donors (Lipinski definition) is 0. The van der Waals surface area contributed by atoms with E-state index in [1.807, 2.05) is 23.1 Å². The van der Waals surface area contributed by atoms with Gasteiger partial charge in [0.15, 0.2) is 0 Å². The zero-order chi connectivity index (χ0) is 21.1. The Balaban J connectivity index is 1.48. The van der Waals surface area contributed by atoms with Crippen molar-refractivity contribution in [2.45, 2.75) is 76.9 Å². The summed E-state index contributed by atoms with van der Waals surface area (Å²) in [5.41, 5.74) is 2.23. The quantitative estimate of drug-likeness (QED) is 0.613. The summed E-state index contributed by atoms with van der Waals surface area (Å²) < 4.78 is 0. The third-order valence-electron chi connectivity index (χ3n) is 7.97. The molecule has 3 aliphatic heterocycles. The van der Waals surface area contributed by atoms with Crippen LogP contribution in [0.3, 0.4) is 0 Å². The van der Waals surface area contributed by atoms with Gasteiger partial charge in [-0.15, -0.1) is 0 Å². The first-order valence-electron chi connectivity index (χ1n) is 11.9. The number of aryl methyl sites for hydroxylation is 1. The zero-order valence-corrected chi connectivity index (χ0v) is 18.6. The number of carbonyl (C=O) groups excluding carboxylic acids is 2. The van der Waals surface area contributed by atoms with Crippen LogP contribution in [-0.4, -0.2) is 60.4 Å². The van der Waals surface area contributed by atoms with Crippen molar-refractivity contribution in [2.24, 2.45) is 11.8 Å². The van der Waals surface area contributed by atoms with E-state index in [0.717, 1.165) is 44.3 Å². The molecule has 1 aromatic carbocycles. The smallest absolute Gasteiger partial charge is 0.214 e. The molecular weight excluding hydrogens is 374 g/mol. The number of likely N-dealkylation sites (tertiary alicyclic amines) is 1. The molecule has 5 atom stereocenters. The SMILES string of the molecule is CCc1ccccc1N(C=O)C(C)CCC1[C@H]2CCCN3CCC[C@@H](CN1C=O)[C@@H]23. The topological polar surface area (TPSA) is 43.9 Å². The Kier molecular flexibility index (Phi) is 6.77. The van der Waals surface area contributed by atoms with Gasteiger partial charge in [-0.1, -0.05) is 25.1 Å². The molecule has 0 spiro atoms. The van der Waals surface area contributed by atoms with Gasteiger partial charge < -0.3 is 9.80 Å². The van der Waals surface area contributed by atoms with E-state index < -0.39 is 0 Å². The van der Waals surface area contributed by atoms with Crippen LogP contribution < -0.4 is 4.90 Å². The van der Waals surface area contributed by atoms with Gasteiger partial charge in [0, 0.05) is 30.4 Å². The van der Waals surface area contributed by atoms with Crippen LogP contribution in [0.15, 0.2) is 24.3 Å². The normalized spacial score (nSPS) is 29.7. The third kappa shape index (κ3) is 4.01. The van der Waals surface area contributed by atoms with Gasteiger partial charge in [0.25, 0.3) is 0 Å². The molecule has 30 heavy (non-hydrogen) atoms. The number of hydrogen-bond acceptors (Lipinski definition) is 3. The molecule has 0 aliphatic carbocycles. The molecule has 2 unspecified atom stereocenters. The molecule has 5 heteroatoms. The predicted molar refractivity (Wildman–Crippen MR) is 120 cm³/mol. The van der Waals surface area contributed by atoms with Gasteiger partial charge >= 0.3 is 0 Å².